The van der Waals surface area contributed by atoms with Crippen molar-refractivity contribution in [3.8, 4) is 0 Å². The van der Waals surface area contributed by atoms with Gasteiger partial charge in [0.15, 0.2) is 0 Å². The van der Waals surface area contributed by atoms with Crippen molar-refractivity contribution in [2.45, 2.75) is 25.6 Å². The minimum absolute atomic E-state index is 0.321. The number of hydrogen-bond acceptors (Lipinski definition) is 3. The Hall–Kier alpha value is -1.19. The van der Waals surface area contributed by atoms with Gasteiger partial charge in [-0.3, -0.25) is 0 Å². The second kappa shape index (κ2) is 6.52. The van der Waals surface area contributed by atoms with Gasteiger partial charge in [-0.2, -0.15) is 0 Å². The third kappa shape index (κ3) is 3.95. The number of hydrogen-bond donors (Lipinski definition) is 0. The Balaban J connectivity index is 1.69. The van der Waals surface area contributed by atoms with Gasteiger partial charge in [0.2, 0.25) is 0 Å². The highest BCUT2D eigenvalue weighted by Gasteiger charge is 2.22. The van der Waals surface area contributed by atoms with E-state index in [1.54, 1.807) is 0 Å². The van der Waals surface area contributed by atoms with Gasteiger partial charge in [0.1, 0.15) is 6.29 Å². The third-order valence-electron chi connectivity index (χ3n) is 3.12. The Morgan fingerprint density at radius 1 is 1.35 bits per heavy atom. The van der Waals surface area contributed by atoms with Gasteiger partial charge in [-0.05, 0) is 12.0 Å². The second-order valence-corrected chi connectivity index (χ2v) is 4.46. The monoisotopic (exact) mass is 233 g/mol. The molecule has 0 aromatic heterocycles. The van der Waals surface area contributed by atoms with E-state index in [2.05, 4.69) is 17.0 Å². The molecule has 3 heteroatoms. The van der Waals surface area contributed by atoms with Crippen LogP contribution in [-0.4, -0.2) is 36.9 Å². The van der Waals surface area contributed by atoms with E-state index in [0.717, 1.165) is 32.3 Å². The van der Waals surface area contributed by atoms with Crippen LogP contribution in [0, 0.1) is 0 Å². The lowest BCUT2D eigenvalue weighted by molar-refractivity contribution is -0.108. The number of benzene rings is 1. The molecule has 1 aliphatic rings. The molecule has 1 aromatic rings. The van der Waals surface area contributed by atoms with Crippen LogP contribution in [0.15, 0.2) is 30.3 Å². The van der Waals surface area contributed by atoms with Crippen molar-refractivity contribution in [3.63, 3.8) is 0 Å². The summed E-state index contributed by atoms with van der Waals surface area (Å²) in [5.74, 6) is 0. The van der Waals surface area contributed by atoms with Crippen LogP contribution in [0.2, 0.25) is 0 Å². The van der Waals surface area contributed by atoms with Gasteiger partial charge in [0.25, 0.3) is 0 Å². The van der Waals surface area contributed by atoms with E-state index in [9.17, 15) is 4.79 Å². The van der Waals surface area contributed by atoms with Crippen molar-refractivity contribution in [2.75, 3.05) is 19.6 Å². The SMILES string of the molecule is O=CCCN1CCC(OCc2ccccc2)C1. The van der Waals surface area contributed by atoms with Gasteiger partial charge in [-0.1, -0.05) is 30.3 Å². The highest BCUT2D eigenvalue weighted by molar-refractivity contribution is 5.49. The number of likely N-dealkylation sites (tertiary alicyclic amines) is 1. The van der Waals surface area contributed by atoms with Gasteiger partial charge in [0.05, 0.1) is 12.7 Å². The molecule has 1 aromatic carbocycles. The molecule has 0 spiro atoms. The summed E-state index contributed by atoms with van der Waals surface area (Å²) < 4.78 is 5.87. The van der Waals surface area contributed by atoms with E-state index in [-0.39, 0.29) is 0 Å². The van der Waals surface area contributed by atoms with Gasteiger partial charge in [0, 0.05) is 26.1 Å². The second-order valence-electron chi connectivity index (χ2n) is 4.46. The van der Waals surface area contributed by atoms with Crippen molar-refractivity contribution in [3.05, 3.63) is 35.9 Å². The molecule has 0 saturated carbocycles. The first-order valence-corrected chi connectivity index (χ1v) is 6.20. The lowest BCUT2D eigenvalue weighted by Gasteiger charge is -2.14. The summed E-state index contributed by atoms with van der Waals surface area (Å²) in [6, 6.07) is 10.2. The largest absolute Gasteiger partial charge is 0.372 e. The molecule has 1 heterocycles. The van der Waals surface area contributed by atoms with Crippen LogP contribution in [0.1, 0.15) is 18.4 Å². The molecule has 1 aliphatic heterocycles. The van der Waals surface area contributed by atoms with Crippen LogP contribution < -0.4 is 0 Å². The van der Waals surface area contributed by atoms with E-state index < -0.39 is 0 Å². The Labute approximate surface area is 102 Å². The van der Waals surface area contributed by atoms with E-state index >= 15 is 0 Å². The minimum Gasteiger partial charge on any atom is -0.372 e. The number of carbonyl (C=O) groups excluding carboxylic acids is 1. The Morgan fingerprint density at radius 3 is 2.94 bits per heavy atom. The molecule has 0 radical (unpaired) electrons. The molecule has 0 bridgehead atoms. The molecule has 1 fully saturated rings. The van der Waals surface area contributed by atoms with Crippen LogP contribution >= 0.6 is 0 Å². The predicted octanol–water partition coefficient (Wildman–Crippen LogP) is 1.87. The zero-order chi connectivity index (χ0) is 11.9. The molecule has 92 valence electrons. The highest BCUT2D eigenvalue weighted by atomic mass is 16.5. The van der Waals surface area contributed by atoms with E-state index in [1.807, 2.05) is 18.2 Å². The zero-order valence-corrected chi connectivity index (χ0v) is 10.0. The third-order valence-corrected chi connectivity index (χ3v) is 3.12. The van der Waals surface area contributed by atoms with Crippen molar-refractivity contribution in [1.29, 1.82) is 0 Å². The number of aldehydes is 1. The maximum atomic E-state index is 10.3. The van der Waals surface area contributed by atoms with Crippen molar-refractivity contribution >= 4 is 6.29 Å². The quantitative estimate of drug-likeness (QED) is 0.702. The van der Waals surface area contributed by atoms with E-state index in [0.29, 0.717) is 19.1 Å². The van der Waals surface area contributed by atoms with Crippen LogP contribution in [0.3, 0.4) is 0 Å². The predicted molar refractivity (Wildman–Crippen MR) is 66.8 cm³/mol. The number of nitrogens with zero attached hydrogens (tertiary/aromatic N) is 1. The summed E-state index contributed by atoms with van der Waals surface area (Å²) in [5, 5.41) is 0. The Morgan fingerprint density at radius 2 is 2.18 bits per heavy atom. The average molecular weight is 233 g/mol. The molecule has 0 N–H and O–H groups in total. The summed E-state index contributed by atoms with van der Waals surface area (Å²) >= 11 is 0. The number of rotatable bonds is 6. The van der Waals surface area contributed by atoms with Crippen LogP contribution in [0.4, 0.5) is 0 Å². The fourth-order valence-corrected chi connectivity index (χ4v) is 2.16. The van der Waals surface area contributed by atoms with Gasteiger partial charge in [-0.15, -0.1) is 0 Å². The van der Waals surface area contributed by atoms with Crippen LogP contribution in [-0.2, 0) is 16.1 Å². The van der Waals surface area contributed by atoms with Crippen LogP contribution in [0.5, 0.6) is 0 Å². The van der Waals surface area contributed by atoms with Gasteiger partial charge < -0.3 is 14.4 Å². The summed E-state index contributed by atoms with van der Waals surface area (Å²) in [4.78, 5) is 12.6. The smallest absolute Gasteiger partial charge is 0.121 e. The minimum atomic E-state index is 0.321. The summed E-state index contributed by atoms with van der Waals surface area (Å²) in [7, 11) is 0. The first-order valence-electron chi connectivity index (χ1n) is 6.20. The molecule has 17 heavy (non-hydrogen) atoms. The fraction of sp³-hybridized carbons (Fsp3) is 0.500. The maximum absolute atomic E-state index is 10.3. The first-order chi connectivity index (χ1) is 8.38. The maximum Gasteiger partial charge on any atom is 0.121 e. The molecular weight excluding hydrogens is 214 g/mol. The van der Waals surface area contributed by atoms with E-state index in [4.69, 9.17) is 4.74 Å². The summed E-state index contributed by atoms with van der Waals surface area (Å²) in [5.41, 5.74) is 1.22. The molecular formula is C14H19NO2. The molecule has 0 aliphatic carbocycles. The van der Waals surface area contributed by atoms with Gasteiger partial charge in [-0.25, -0.2) is 0 Å². The van der Waals surface area contributed by atoms with E-state index in [1.165, 1.54) is 5.56 Å². The van der Waals surface area contributed by atoms with Gasteiger partial charge >= 0.3 is 0 Å². The Bertz CT molecular complexity index is 339. The average Bonchev–Trinajstić information content (AvgIpc) is 2.83. The van der Waals surface area contributed by atoms with Crippen molar-refractivity contribution < 1.29 is 9.53 Å². The lowest BCUT2D eigenvalue weighted by Crippen LogP contribution is -2.24. The molecule has 2 rings (SSSR count). The summed E-state index contributed by atoms with van der Waals surface area (Å²) in [6.45, 7) is 3.57. The van der Waals surface area contributed by atoms with Crippen molar-refractivity contribution in [2.24, 2.45) is 0 Å². The first kappa shape index (κ1) is 12.3. The molecule has 1 saturated heterocycles. The molecule has 3 nitrogen and oxygen atoms in total. The fourth-order valence-electron chi connectivity index (χ4n) is 2.16. The number of ether oxygens (including phenoxy) is 1. The number of carbonyl (C=O) groups is 1. The standard InChI is InChI=1S/C14H19NO2/c16-10-4-8-15-9-7-14(11-15)17-12-13-5-2-1-3-6-13/h1-3,5-6,10,14H,4,7-9,11-12H2. The zero-order valence-electron chi connectivity index (χ0n) is 10.0. The lowest BCUT2D eigenvalue weighted by atomic mass is 10.2. The van der Waals surface area contributed by atoms with Crippen molar-refractivity contribution in [1.82, 2.24) is 4.90 Å². The highest BCUT2D eigenvalue weighted by Crippen LogP contribution is 2.14. The summed E-state index contributed by atoms with van der Waals surface area (Å²) in [6.07, 6.45) is 3.01. The van der Waals surface area contributed by atoms with Crippen LogP contribution in [0.25, 0.3) is 0 Å². The Kier molecular flexibility index (Phi) is 4.71. The normalized spacial score (nSPS) is 20.6. The molecule has 1 unspecified atom stereocenters. The topological polar surface area (TPSA) is 29.5 Å². The molecule has 1 atom stereocenters. The molecule has 0 amide bonds.